The third-order valence-corrected chi connectivity index (χ3v) is 4.65. The lowest BCUT2D eigenvalue weighted by Crippen LogP contribution is -2.22. The van der Waals surface area contributed by atoms with Crippen molar-refractivity contribution in [3.63, 3.8) is 0 Å². The van der Waals surface area contributed by atoms with Crippen molar-refractivity contribution in [1.29, 1.82) is 0 Å². The molecule has 9 nitrogen and oxygen atoms in total. The van der Waals surface area contributed by atoms with Gasteiger partial charge in [0, 0.05) is 0 Å². The summed E-state index contributed by atoms with van der Waals surface area (Å²) in [6.45, 7) is -0.559. The number of methoxy groups -OCH3 is 2. The fourth-order valence-electron chi connectivity index (χ4n) is 2.41. The van der Waals surface area contributed by atoms with Gasteiger partial charge < -0.3 is 19.5 Å². The molecule has 0 bridgehead atoms. The molecule has 0 fully saturated rings. The van der Waals surface area contributed by atoms with E-state index in [1.165, 1.54) is 18.9 Å². The monoisotopic (exact) mass is 415 g/mol. The summed E-state index contributed by atoms with van der Waals surface area (Å²) in [7, 11) is 2.65. The maximum atomic E-state index is 12.4. The number of hydrogen-bond acceptors (Lipinski definition) is 8. The lowest BCUT2D eigenvalue weighted by Gasteiger charge is -2.06. The number of esters is 2. The molecule has 0 atom stereocenters. The van der Waals surface area contributed by atoms with E-state index in [4.69, 9.17) is 9.47 Å². The summed E-state index contributed by atoms with van der Waals surface area (Å²) in [5, 5.41) is 8.32. The van der Waals surface area contributed by atoms with E-state index in [0.29, 0.717) is 0 Å². The Morgan fingerprint density at radius 2 is 1.86 bits per heavy atom. The molecule has 1 amide bonds. The second kappa shape index (κ2) is 9.02. The van der Waals surface area contributed by atoms with Crippen molar-refractivity contribution in [2.24, 2.45) is 0 Å². The molecule has 0 aliphatic heterocycles. The van der Waals surface area contributed by atoms with Crippen LogP contribution in [0.2, 0.25) is 0 Å². The van der Waals surface area contributed by atoms with Crippen molar-refractivity contribution < 1.29 is 28.6 Å². The summed E-state index contributed by atoms with van der Waals surface area (Å²) in [6.07, 6.45) is 1.54. The number of nitrogens with zero attached hydrogens (tertiary/aromatic N) is 2. The molecular formula is C19H17N3O6S. The highest BCUT2D eigenvalue weighted by molar-refractivity contribution is 7.12. The van der Waals surface area contributed by atoms with E-state index in [1.54, 1.807) is 17.6 Å². The minimum absolute atomic E-state index is 0.0602. The predicted molar refractivity (Wildman–Crippen MR) is 105 cm³/mol. The molecule has 150 valence electrons. The van der Waals surface area contributed by atoms with Gasteiger partial charge >= 0.3 is 11.9 Å². The van der Waals surface area contributed by atoms with Gasteiger partial charge in [0.2, 0.25) is 5.69 Å². The molecule has 0 radical (unpaired) electrons. The Bertz CT molecular complexity index is 1030. The normalized spacial score (nSPS) is 10.3. The Labute approximate surface area is 169 Å². The maximum absolute atomic E-state index is 12.4. The Hall–Kier alpha value is -3.66. The molecule has 2 aromatic heterocycles. The number of rotatable bonds is 7. The standard InChI is InChI=1S/C19H17N3O6S/c1-26-14-10-22(12-6-4-3-5-7-12)21-16(14)18(24)28-11-15(23)20-13-8-9-29-17(13)19(25)27-2/h3-10H,11H2,1-2H3,(H,20,23). The van der Waals surface area contributed by atoms with Crippen LogP contribution in [0.15, 0.2) is 48.0 Å². The number of aromatic nitrogens is 2. The van der Waals surface area contributed by atoms with Gasteiger partial charge in [-0.05, 0) is 23.6 Å². The van der Waals surface area contributed by atoms with E-state index >= 15 is 0 Å². The number of amides is 1. The minimum Gasteiger partial charge on any atom is -0.493 e. The van der Waals surface area contributed by atoms with E-state index in [9.17, 15) is 14.4 Å². The zero-order valence-electron chi connectivity index (χ0n) is 15.6. The van der Waals surface area contributed by atoms with Crippen LogP contribution in [-0.4, -0.2) is 48.5 Å². The van der Waals surface area contributed by atoms with Crippen molar-refractivity contribution in [2.45, 2.75) is 0 Å². The zero-order chi connectivity index (χ0) is 20.8. The van der Waals surface area contributed by atoms with Crippen LogP contribution < -0.4 is 10.1 Å². The Balaban J connectivity index is 1.65. The lowest BCUT2D eigenvalue weighted by atomic mass is 10.3. The summed E-state index contributed by atoms with van der Waals surface area (Å²) < 4.78 is 16.3. The summed E-state index contributed by atoms with van der Waals surface area (Å²) in [4.78, 5) is 36.4. The second-order valence-electron chi connectivity index (χ2n) is 5.61. The van der Waals surface area contributed by atoms with Crippen molar-refractivity contribution in [3.8, 4) is 11.4 Å². The smallest absolute Gasteiger partial charge is 0.363 e. The van der Waals surface area contributed by atoms with Gasteiger partial charge in [-0.2, -0.15) is 5.10 Å². The zero-order valence-corrected chi connectivity index (χ0v) is 16.4. The van der Waals surface area contributed by atoms with Gasteiger partial charge in [0.1, 0.15) is 4.88 Å². The molecular weight excluding hydrogens is 398 g/mol. The molecule has 3 aromatic rings. The molecule has 0 spiro atoms. The Morgan fingerprint density at radius 3 is 2.55 bits per heavy atom. The molecule has 0 aliphatic carbocycles. The number of anilines is 1. The number of hydrogen-bond donors (Lipinski definition) is 1. The van der Waals surface area contributed by atoms with Crippen LogP contribution in [0, 0.1) is 0 Å². The fraction of sp³-hybridized carbons (Fsp3) is 0.158. The summed E-state index contributed by atoms with van der Waals surface area (Å²) in [5.41, 5.74) is 0.958. The molecule has 10 heteroatoms. The van der Waals surface area contributed by atoms with Crippen LogP contribution in [0.4, 0.5) is 5.69 Å². The van der Waals surface area contributed by atoms with Gasteiger partial charge in [0.25, 0.3) is 5.91 Å². The van der Waals surface area contributed by atoms with Crippen molar-refractivity contribution in [1.82, 2.24) is 9.78 Å². The molecule has 0 aliphatic rings. The van der Waals surface area contributed by atoms with Gasteiger partial charge in [-0.1, -0.05) is 18.2 Å². The quantitative estimate of drug-likeness (QED) is 0.591. The van der Waals surface area contributed by atoms with Crippen molar-refractivity contribution in [2.75, 3.05) is 26.1 Å². The topological polar surface area (TPSA) is 109 Å². The van der Waals surface area contributed by atoms with Crippen molar-refractivity contribution in [3.05, 3.63) is 58.5 Å². The third-order valence-electron chi connectivity index (χ3n) is 3.76. The first-order valence-electron chi connectivity index (χ1n) is 8.35. The average Bonchev–Trinajstić information content (AvgIpc) is 3.39. The molecule has 2 heterocycles. The number of para-hydroxylation sites is 1. The van der Waals surface area contributed by atoms with Gasteiger partial charge in [-0.3, -0.25) is 4.79 Å². The van der Waals surface area contributed by atoms with Crippen LogP contribution in [0.5, 0.6) is 5.75 Å². The third kappa shape index (κ3) is 4.61. The van der Waals surface area contributed by atoms with Crippen LogP contribution in [-0.2, 0) is 14.3 Å². The molecule has 0 saturated heterocycles. The fourth-order valence-corrected chi connectivity index (χ4v) is 3.17. The highest BCUT2D eigenvalue weighted by Gasteiger charge is 2.22. The number of ether oxygens (including phenoxy) is 3. The summed E-state index contributed by atoms with van der Waals surface area (Å²) in [5.74, 6) is -1.78. The first-order chi connectivity index (χ1) is 14.0. The highest BCUT2D eigenvalue weighted by Crippen LogP contribution is 2.23. The lowest BCUT2D eigenvalue weighted by molar-refractivity contribution is -0.119. The first-order valence-corrected chi connectivity index (χ1v) is 9.23. The average molecular weight is 415 g/mol. The predicted octanol–water partition coefficient (Wildman–Crippen LogP) is 2.52. The van der Waals surface area contributed by atoms with Crippen LogP contribution in [0.1, 0.15) is 20.2 Å². The molecule has 1 aromatic carbocycles. The van der Waals surface area contributed by atoms with E-state index in [0.717, 1.165) is 17.0 Å². The van der Waals surface area contributed by atoms with Gasteiger partial charge in [-0.25, -0.2) is 14.3 Å². The van der Waals surface area contributed by atoms with E-state index < -0.39 is 24.5 Å². The SMILES string of the molecule is COC(=O)c1sccc1NC(=O)COC(=O)c1nn(-c2ccccc2)cc1OC. The van der Waals surface area contributed by atoms with E-state index in [1.807, 2.05) is 30.3 Å². The van der Waals surface area contributed by atoms with Gasteiger partial charge in [0.15, 0.2) is 12.4 Å². The highest BCUT2D eigenvalue weighted by atomic mass is 32.1. The Morgan fingerprint density at radius 1 is 1.10 bits per heavy atom. The Kier molecular flexibility index (Phi) is 6.25. The van der Waals surface area contributed by atoms with Crippen LogP contribution in [0.3, 0.4) is 0 Å². The minimum atomic E-state index is -0.815. The van der Waals surface area contributed by atoms with Gasteiger partial charge in [0.05, 0.1) is 31.8 Å². The molecule has 0 saturated carbocycles. The van der Waals surface area contributed by atoms with E-state index in [2.05, 4.69) is 15.2 Å². The number of carbonyl (C=O) groups excluding carboxylic acids is 3. The molecule has 1 N–H and O–H groups in total. The largest absolute Gasteiger partial charge is 0.493 e. The first kappa shape index (κ1) is 20.1. The molecule has 3 rings (SSSR count). The van der Waals surface area contributed by atoms with Crippen LogP contribution >= 0.6 is 11.3 Å². The number of nitrogens with one attached hydrogen (secondary N) is 1. The van der Waals surface area contributed by atoms with E-state index in [-0.39, 0.29) is 22.0 Å². The molecule has 29 heavy (non-hydrogen) atoms. The van der Waals surface area contributed by atoms with Crippen molar-refractivity contribution >= 4 is 34.9 Å². The summed E-state index contributed by atoms with van der Waals surface area (Å²) >= 11 is 1.12. The number of thiophene rings is 1. The second-order valence-corrected chi connectivity index (χ2v) is 6.52. The molecule has 0 unspecified atom stereocenters. The number of carbonyl (C=O) groups is 3. The summed E-state index contributed by atoms with van der Waals surface area (Å²) in [6, 6.07) is 10.7. The maximum Gasteiger partial charge on any atom is 0.363 e. The number of benzene rings is 1. The van der Waals surface area contributed by atoms with Crippen LogP contribution in [0.25, 0.3) is 5.69 Å². The van der Waals surface area contributed by atoms with Gasteiger partial charge in [-0.15, -0.1) is 11.3 Å².